The predicted octanol–water partition coefficient (Wildman–Crippen LogP) is 0.704. The number of rotatable bonds is 5. The van der Waals surface area contributed by atoms with Crippen molar-refractivity contribution in [3.05, 3.63) is 0 Å². The van der Waals surface area contributed by atoms with E-state index in [4.69, 9.17) is 5.73 Å². The second-order valence-corrected chi connectivity index (χ2v) is 1.80. The zero-order chi connectivity index (χ0) is 6.24. The van der Waals surface area contributed by atoms with Crippen LogP contribution in [0.5, 0.6) is 0 Å². The molecule has 2 heteroatoms. The molecule has 0 unspecified atom stereocenters. The Morgan fingerprint density at radius 3 is 2.50 bits per heavy atom. The molecule has 0 aliphatic heterocycles. The van der Waals surface area contributed by atoms with Gasteiger partial charge in [0.1, 0.15) is 6.29 Å². The van der Waals surface area contributed by atoms with E-state index in [1.165, 1.54) is 0 Å². The molecule has 2 nitrogen and oxygen atoms in total. The summed E-state index contributed by atoms with van der Waals surface area (Å²) in [7, 11) is 0. The van der Waals surface area contributed by atoms with Crippen LogP contribution in [0.1, 0.15) is 25.7 Å². The Kier molecular flexibility index (Phi) is 6.32. The van der Waals surface area contributed by atoms with Gasteiger partial charge < -0.3 is 10.5 Å². The van der Waals surface area contributed by atoms with E-state index in [1.807, 2.05) is 0 Å². The van der Waals surface area contributed by atoms with Crippen molar-refractivity contribution < 1.29 is 4.79 Å². The van der Waals surface area contributed by atoms with Crippen LogP contribution in [0.2, 0.25) is 0 Å². The second-order valence-electron chi connectivity index (χ2n) is 1.80. The molecule has 2 N–H and O–H groups in total. The SMILES string of the molecule is NCCCCCC=O. The molecule has 0 aromatic carbocycles. The van der Waals surface area contributed by atoms with Gasteiger partial charge in [-0.3, -0.25) is 0 Å². The zero-order valence-corrected chi connectivity index (χ0v) is 5.10. The zero-order valence-electron chi connectivity index (χ0n) is 5.10. The molecule has 0 aliphatic rings. The smallest absolute Gasteiger partial charge is 0.119 e. The standard InChI is InChI=1S/C6H13NO/c7-5-3-1-2-4-6-8/h6H,1-5,7H2. The fourth-order valence-electron chi connectivity index (χ4n) is 0.549. The van der Waals surface area contributed by atoms with Crippen LogP contribution in [0.25, 0.3) is 0 Å². The molecule has 0 saturated carbocycles. The normalized spacial score (nSPS) is 9.12. The molecule has 0 aromatic heterocycles. The van der Waals surface area contributed by atoms with Crippen LogP contribution in [0, 0.1) is 0 Å². The summed E-state index contributed by atoms with van der Waals surface area (Å²) in [6, 6.07) is 0. The summed E-state index contributed by atoms with van der Waals surface area (Å²) in [5, 5.41) is 0. The van der Waals surface area contributed by atoms with E-state index in [0.717, 1.165) is 32.1 Å². The van der Waals surface area contributed by atoms with Crippen molar-refractivity contribution in [3.8, 4) is 0 Å². The minimum Gasteiger partial charge on any atom is -0.330 e. The quantitative estimate of drug-likeness (QED) is 0.423. The number of carbonyl (C=O) groups is 1. The molecule has 0 atom stereocenters. The lowest BCUT2D eigenvalue weighted by atomic mass is 10.2. The molecular formula is C6H13NO. The molecule has 0 radical (unpaired) electrons. The Balaban J connectivity index is 2.62. The molecule has 8 heavy (non-hydrogen) atoms. The first-order valence-corrected chi connectivity index (χ1v) is 3.05. The fourth-order valence-corrected chi connectivity index (χ4v) is 0.549. The summed E-state index contributed by atoms with van der Waals surface area (Å²) in [5.41, 5.74) is 5.22. The van der Waals surface area contributed by atoms with Gasteiger partial charge in [-0.2, -0.15) is 0 Å². The molecule has 0 spiro atoms. The van der Waals surface area contributed by atoms with Crippen molar-refractivity contribution in [2.45, 2.75) is 25.7 Å². The molecule has 0 aromatic rings. The van der Waals surface area contributed by atoms with E-state index in [-0.39, 0.29) is 0 Å². The highest BCUT2D eigenvalue weighted by atomic mass is 16.1. The van der Waals surface area contributed by atoms with Crippen LogP contribution in [0.15, 0.2) is 0 Å². The minimum atomic E-state index is 0.694. The molecular weight excluding hydrogens is 102 g/mol. The van der Waals surface area contributed by atoms with Crippen molar-refractivity contribution in [2.75, 3.05) is 6.54 Å². The van der Waals surface area contributed by atoms with Gasteiger partial charge in [0, 0.05) is 6.42 Å². The number of nitrogens with two attached hydrogens (primary N) is 1. The van der Waals surface area contributed by atoms with E-state index in [9.17, 15) is 4.79 Å². The first kappa shape index (κ1) is 7.63. The number of unbranched alkanes of at least 4 members (excludes halogenated alkanes) is 3. The Morgan fingerprint density at radius 1 is 1.25 bits per heavy atom. The third kappa shape index (κ3) is 5.63. The molecule has 0 rings (SSSR count). The summed E-state index contributed by atoms with van der Waals surface area (Å²) in [6.45, 7) is 0.749. The van der Waals surface area contributed by atoms with Gasteiger partial charge in [-0.1, -0.05) is 6.42 Å². The van der Waals surface area contributed by atoms with Crippen LogP contribution in [-0.4, -0.2) is 12.8 Å². The largest absolute Gasteiger partial charge is 0.330 e. The summed E-state index contributed by atoms with van der Waals surface area (Å²) in [5.74, 6) is 0. The first-order chi connectivity index (χ1) is 3.91. The number of aldehydes is 1. The molecule has 0 heterocycles. The summed E-state index contributed by atoms with van der Waals surface area (Å²) in [4.78, 5) is 9.74. The van der Waals surface area contributed by atoms with Gasteiger partial charge in [-0.05, 0) is 19.4 Å². The molecule has 0 bridgehead atoms. The van der Waals surface area contributed by atoms with Crippen LogP contribution in [0.3, 0.4) is 0 Å². The molecule has 0 saturated heterocycles. The van der Waals surface area contributed by atoms with Crippen LogP contribution in [-0.2, 0) is 4.79 Å². The lowest BCUT2D eigenvalue weighted by Crippen LogP contribution is -1.97. The second kappa shape index (κ2) is 6.63. The van der Waals surface area contributed by atoms with Crippen molar-refractivity contribution in [1.82, 2.24) is 0 Å². The lowest BCUT2D eigenvalue weighted by Gasteiger charge is -1.90. The number of carbonyl (C=O) groups excluding carboxylic acids is 1. The topological polar surface area (TPSA) is 43.1 Å². The third-order valence-corrected chi connectivity index (χ3v) is 1.03. The van der Waals surface area contributed by atoms with Gasteiger partial charge in [0.2, 0.25) is 0 Å². The van der Waals surface area contributed by atoms with Crippen LogP contribution in [0.4, 0.5) is 0 Å². The Hall–Kier alpha value is -0.370. The van der Waals surface area contributed by atoms with Gasteiger partial charge in [0.05, 0.1) is 0 Å². The highest BCUT2D eigenvalue weighted by Crippen LogP contribution is 1.94. The van der Waals surface area contributed by atoms with E-state index < -0.39 is 0 Å². The average molecular weight is 115 g/mol. The molecule has 48 valence electrons. The van der Waals surface area contributed by atoms with Crippen molar-refractivity contribution in [3.63, 3.8) is 0 Å². The molecule has 0 fully saturated rings. The Bertz CT molecular complexity index is 54.5. The van der Waals surface area contributed by atoms with Crippen molar-refractivity contribution >= 4 is 6.29 Å². The van der Waals surface area contributed by atoms with Crippen molar-refractivity contribution in [1.29, 1.82) is 0 Å². The van der Waals surface area contributed by atoms with Crippen LogP contribution < -0.4 is 5.73 Å². The third-order valence-electron chi connectivity index (χ3n) is 1.03. The number of hydrogen-bond donors (Lipinski definition) is 1. The minimum absolute atomic E-state index is 0.694. The Morgan fingerprint density at radius 2 is 2.00 bits per heavy atom. The highest BCUT2D eigenvalue weighted by Gasteiger charge is 1.83. The monoisotopic (exact) mass is 115 g/mol. The first-order valence-electron chi connectivity index (χ1n) is 3.05. The maximum Gasteiger partial charge on any atom is 0.119 e. The summed E-state index contributed by atoms with van der Waals surface area (Å²) >= 11 is 0. The van der Waals surface area contributed by atoms with E-state index in [0.29, 0.717) is 6.42 Å². The van der Waals surface area contributed by atoms with Gasteiger partial charge >= 0.3 is 0 Å². The van der Waals surface area contributed by atoms with Gasteiger partial charge in [-0.25, -0.2) is 0 Å². The average Bonchev–Trinajstić information content (AvgIpc) is 1.81. The van der Waals surface area contributed by atoms with Crippen molar-refractivity contribution in [2.24, 2.45) is 5.73 Å². The van der Waals surface area contributed by atoms with Gasteiger partial charge in [0.25, 0.3) is 0 Å². The Labute approximate surface area is 50.1 Å². The van der Waals surface area contributed by atoms with E-state index in [2.05, 4.69) is 0 Å². The fraction of sp³-hybridized carbons (Fsp3) is 0.833. The van der Waals surface area contributed by atoms with Gasteiger partial charge in [-0.15, -0.1) is 0 Å². The maximum atomic E-state index is 9.74. The molecule has 0 amide bonds. The van der Waals surface area contributed by atoms with E-state index >= 15 is 0 Å². The van der Waals surface area contributed by atoms with Crippen LogP contribution >= 0.6 is 0 Å². The predicted molar refractivity (Wildman–Crippen MR) is 33.6 cm³/mol. The maximum absolute atomic E-state index is 9.74. The summed E-state index contributed by atoms with van der Waals surface area (Å²) < 4.78 is 0. The highest BCUT2D eigenvalue weighted by molar-refractivity contribution is 5.48. The lowest BCUT2D eigenvalue weighted by molar-refractivity contribution is -0.107. The van der Waals surface area contributed by atoms with E-state index in [1.54, 1.807) is 0 Å². The van der Waals surface area contributed by atoms with Gasteiger partial charge in [0.15, 0.2) is 0 Å². The molecule has 0 aliphatic carbocycles. The number of hydrogen-bond acceptors (Lipinski definition) is 2. The summed E-state index contributed by atoms with van der Waals surface area (Å²) in [6.07, 6.45) is 4.79.